The zero-order valence-corrected chi connectivity index (χ0v) is 23.1. The number of amides is 1. The number of hydrogen-bond acceptors (Lipinski definition) is 5. The van der Waals surface area contributed by atoms with Crippen molar-refractivity contribution in [3.05, 3.63) is 59.2 Å². The lowest BCUT2D eigenvalue weighted by molar-refractivity contribution is -0.140. The Labute approximate surface area is 222 Å². The Kier molecular flexibility index (Phi) is 11.6. The van der Waals surface area contributed by atoms with Gasteiger partial charge >= 0.3 is 5.97 Å². The van der Waals surface area contributed by atoms with Crippen LogP contribution in [0.2, 0.25) is 0 Å². The van der Waals surface area contributed by atoms with Gasteiger partial charge in [0.25, 0.3) is 5.91 Å². The molecule has 0 radical (unpaired) electrons. The number of aryl methyl sites for hydroxylation is 1. The lowest BCUT2D eigenvalue weighted by Gasteiger charge is -2.25. The van der Waals surface area contributed by atoms with Crippen LogP contribution in [0.25, 0.3) is 11.1 Å². The molecular weight excluding hydrogens is 464 g/mol. The summed E-state index contributed by atoms with van der Waals surface area (Å²) in [5.74, 6) is 0.425. The topological polar surface area (TPSA) is 67.9 Å². The molecule has 6 heteroatoms. The molecule has 1 unspecified atom stereocenters. The first kappa shape index (κ1) is 28.9. The van der Waals surface area contributed by atoms with Crippen LogP contribution in [-0.2, 0) is 20.8 Å². The summed E-state index contributed by atoms with van der Waals surface area (Å²) in [6, 6.07) is 14.3. The van der Waals surface area contributed by atoms with E-state index in [-0.39, 0.29) is 11.9 Å². The maximum absolute atomic E-state index is 13.4. The van der Waals surface area contributed by atoms with Crippen LogP contribution < -0.4 is 5.32 Å². The number of methoxy groups -OCH3 is 2. The van der Waals surface area contributed by atoms with E-state index in [0.717, 1.165) is 35.7 Å². The summed E-state index contributed by atoms with van der Waals surface area (Å²) >= 11 is 0. The Morgan fingerprint density at radius 3 is 2.51 bits per heavy atom. The number of esters is 1. The predicted molar refractivity (Wildman–Crippen MR) is 148 cm³/mol. The summed E-state index contributed by atoms with van der Waals surface area (Å²) in [6.45, 7) is 4.01. The second-order valence-corrected chi connectivity index (χ2v) is 10.4. The van der Waals surface area contributed by atoms with Crippen molar-refractivity contribution >= 4 is 11.9 Å². The van der Waals surface area contributed by atoms with Gasteiger partial charge in [0.05, 0.1) is 7.11 Å². The Morgan fingerprint density at radius 2 is 1.81 bits per heavy atom. The highest BCUT2D eigenvalue weighted by Gasteiger charge is 2.19. The van der Waals surface area contributed by atoms with Gasteiger partial charge in [-0.3, -0.25) is 9.59 Å². The molecule has 1 N–H and O–H groups in total. The van der Waals surface area contributed by atoms with Gasteiger partial charge in [-0.1, -0.05) is 62.4 Å². The van der Waals surface area contributed by atoms with Crippen molar-refractivity contribution < 1.29 is 19.1 Å². The third-order valence-corrected chi connectivity index (χ3v) is 7.51. The number of nitrogens with zero attached hydrogens (tertiary/aromatic N) is 1. The molecule has 1 amide bonds. The van der Waals surface area contributed by atoms with Gasteiger partial charge in [0.1, 0.15) is 6.23 Å². The number of carbonyl (C=O) groups is 2. The molecule has 0 spiro atoms. The zero-order chi connectivity index (χ0) is 26.6. The van der Waals surface area contributed by atoms with Gasteiger partial charge in [-0.15, -0.1) is 0 Å². The Bertz CT molecular complexity index is 1020. The summed E-state index contributed by atoms with van der Waals surface area (Å²) in [7, 11) is 5.13. The van der Waals surface area contributed by atoms with Crippen molar-refractivity contribution in [1.29, 1.82) is 0 Å². The first-order chi connectivity index (χ1) is 17.9. The first-order valence-electron chi connectivity index (χ1n) is 13.7. The van der Waals surface area contributed by atoms with E-state index in [0.29, 0.717) is 24.8 Å². The quantitative estimate of drug-likeness (QED) is 0.261. The number of nitrogens with one attached hydrogen (secondary N) is 1. The van der Waals surface area contributed by atoms with E-state index < -0.39 is 6.23 Å². The van der Waals surface area contributed by atoms with Crippen LogP contribution in [0.3, 0.4) is 0 Å². The fraction of sp³-hybridized carbons (Fsp3) is 0.548. The average Bonchev–Trinajstić information content (AvgIpc) is 2.92. The van der Waals surface area contributed by atoms with E-state index >= 15 is 0 Å². The lowest BCUT2D eigenvalue weighted by atomic mass is 9.87. The van der Waals surface area contributed by atoms with Crippen LogP contribution in [0.5, 0.6) is 0 Å². The van der Waals surface area contributed by atoms with E-state index in [9.17, 15) is 9.59 Å². The summed E-state index contributed by atoms with van der Waals surface area (Å²) in [5.41, 5.74) is 4.93. The summed E-state index contributed by atoms with van der Waals surface area (Å²) in [6.07, 6.45) is 9.09. The molecular formula is C31H44N2O4. The average molecular weight is 509 g/mol. The van der Waals surface area contributed by atoms with E-state index in [2.05, 4.69) is 48.5 Å². The van der Waals surface area contributed by atoms with Crippen molar-refractivity contribution in [3.8, 4) is 11.1 Å². The molecule has 2 aromatic carbocycles. The second kappa shape index (κ2) is 14.9. The van der Waals surface area contributed by atoms with Gasteiger partial charge in [0, 0.05) is 25.6 Å². The molecule has 37 heavy (non-hydrogen) atoms. The minimum atomic E-state index is -0.479. The normalized spacial score (nSPS) is 14.9. The molecule has 6 nitrogen and oxygen atoms in total. The highest BCUT2D eigenvalue weighted by molar-refractivity contribution is 6.01. The molecule has 1 atom stereocenters. The molecule has 202 valence electrons. The summed E-state index contributed by atoms with van der Waals surface area (Å²) < 4.78 is 10.2. The summed E-state index contributed by atoms with van der Waals surface area (Å²) in [5, 5.41) is 3.00. The standard InChI is InChI=1S/C31H44N2O4/c1-23-11-8-9-14-26(23)28-21-25(22-33(2)20-19-24-12-6-5-7-13-24)17-18-27(28)31(35)32-29(36-3)15-10-16-30(34)37-4/h8-9,11,14,17-18,21,24,29H,5-7,10,12-13,15-16,19-20,22H2,1-4H3,(H,32,35). The van der Waals surface area contributed by atoms with Crippen LogP contribution in [-0.4, -0.2) is 50.8 Å². The minimum Gasteiger partial charge on any atom is -0.469 e. The van der Waals surface area contributed by atoms with Gasteiger partial charge < -0.3 is 19.7 Å². The molecule has 0 heterocycles. The van der Waals surface area contributed by atoms with Crippen LogP contribution in [0.15, 0.2) is 42.5 Å². The van der Waals surface area contributed by atoms with Crippen molar-refractivity contribution in [3.63, 3.8) is 0 Å². The molecule has 3 rings (SSSR count). The fourth-order valence-electron chi connectivity index (χ4n) is 5.26. The molecule has 1 saturated carbocycles. The monoisotopic (exact) mass is 508 g/mol. The van der Waals surface area contributed by atoms with Crippen LogP contribution in [0.4, 0.5) is 0 Å². The van der Waals surface area contributed by atoms with Gasteiger partial charge in [-0.05, 0) is 80.1 Å². The third kappa shape index (κ3) is 8.97. The zero-order valence-electron chi connectivity index (χ0n) is 23.1. The smallest absolute Gasteiger partial charge is 0.305 e. The third-order valence-electron chi connectivity index (χ3n) is 7.51. The minimum absolute atomic E-state index is 0.180. The molecule has 0 saturated heterocycles. The van der Waals surface area contributed by atoms with Gasteiger partial charge in [-0.2, -0.15) is 0 Å². The van der Waals surface area contributed by atoms with Gasteiger partial charge in [0.15, 0.2) is 0 Å². The summed E-state index contributed by atoms with van der Waals surface area (Å²) in [4.78, 5) is 27.2. The maximum Gasteiger partial charge on any atom is 0.305 e. The Hall–Kier alpha value is -2.70. The highest BCUT2D eigenvalue weighted by atomic mass is 16.5. The van der Waals surface area contributed by atoms with Crippen molar-refractivity contribution in [2.75, 3.05) is 27.8 Å². The molecule has 1 aliphatic carbocycles. The Morgan fingerprint density at radius 1 is 1.05 bits per heavy atom. The second-order valence-electron chi connectivity index (χ2n) is 10.4. The number of hydrogen-bond donors (Lipinski definition) is 1. The lowest BCUT2D eigenvalue weighted by Crippen LogP contribution is -2.36. The molecule has 2 aromatic rings. The van der Waals surface area contributed by atoms with E-state index in [1.54, 1.807) is 7.11 Å². The van der Waals surface area contributed by atoms with Gasteiger partial charge in [-0.25, -0.2) is 0 Å². The van der Waals surface area contributed by atoms with E-state index in [1.165, 1.54) is 51.2 Å². The van der Waals surface area contributed by atoms with Crippen molar-refractivity contribution in [1.82, 2.24) is 10.2 Å². The maximum atomic E-state index is 13.4. The van der Waals surface area contributed by atoms with Crippen LogP contribution in [0, 0.1) is 12.8 Å². The SMILES string of the molecule is COC(=O)CCCC(NC(=O)c1ccc(CN(C)CCC2CCCCC2)cc1-c1ccccc1C)OC. The molecule has 0 aromatic heterocycles. The first-order valence-corrected chi connectivity index (χ1v) is 13.7. The number of benzene rings is 2. The molecule has 0 aliphatic heterocycles. The highest BCUT2D eigenvalue weighted by Crippen LogP contribution is 2.29. The van der Waals surface area contributed by atoms with Gasteiger partial charge in [0.2, 0.25) is 0 Å². The molecule has 1 aliphatic rings. The number of ether oxygens (including phenoxy) is 2. The largest absolute Gasteiger partial charge is 0.469 e. The van der Waals surface area contributed by atoms with E-state index in [1.807, 2.05) is 18.2 Å². The molecule has 0 bridgehead atoms. The van der Waals surface area contributed by atoms with Crippen LogP contribution >= 0.6 is 0 Å². The number of carbonyl (C=O) groups excluding carboxylic acids is 2. The Balaban J connectivity index is 1.73. The predicted octanol–water partition coefficient (Wildman–Crippen LogP) is 6.11. The van der Waals surface area contributed by atoms with Crippen molar-refractivity contribution in [2.24, 2.45) is 5.92 Å². The molecule has 1 fully saturated rings. The number of rotatable bonds is 13. The van der Waals surface area contributed by atoms with Crippen LogP contribution in [0.1, 0.15) is 79.3 Å². The van der Waals surface area contributed by atoms with E-state index in [4.69, 9.17) is 9.47 Å². The fourth-order valence-corrected chi connectivity index (χ4v) is 5.26. The van der Waals surface area contributed by atoms with Crippen molar-refractivity contribution in [2.45, 2.75) is 77.5 Å².